The maximum absolute atomic E-state index is 12.5. The highest BCUT2D eigenvalue weighted by atomic mass is 32.2. The minimum Gasteiger partial charge on any atom is -0.480 e. The molecule has 0 saturated heterocycles. The Bertz CT molecular complexity index is 882. The molecule has 1 heterocycles. The number of amides is 1. The summed E-state index contributed by atoms with van der Waals surface area (Å²) in [5.41, 5.74) is -1.22. The molecule has 8 heteroatoms. The van der Waals surface area contributed by atoms with Gasteiger partial charge in [-0.05, 0) is 43.5 Å². The highest BCUT2D eigenvalue weighted by Crippen LogP contribution is 2.33. The molecule has 1 amide bonds. The van der Waals surface area contributed by atoms with Gasteiger partial charge in [0.25, 0.3) is 5.91 Å². The Morgan fingerprint density at radius 1 is 1.08 bits per heavy atom. The van der Waals surface area contributed by atoms with Gasteiger partial charge in [0, 0.05) is 0 Å². The van der Waals surface area contributed by atoms with Crippen LogP contribution in [0.3, 0.4) is 0 Å². The third-order valence-electron chi connectivity index (χ3n) is 4.09. The van der Waals surface area contributed by atoms with Crippen LogP contribution in [0.2, 0.25) is 0 Å². The van der Waals surface area contributed by atoms with E-state index < -0.39 is 27.3 Å². The molecule has 1 saturated carbocycles. The average Bonchev–Trinajstić information content (AvgIpc) is 3.02. The fraction of sp³-hybridized carbons (Fsp3) is 0.250. The van der Waals surface area contributed by atoms with Gasteiger partial charge >= 0.3 is 5.97 Å². The number of carboxylic acid groups (broad SMARTS) is 1. The first kappa shape index (κ1) is 16.7. The van der Waals surface area contributed by atoms with E-state index in [2.05, 4.69) is 5.32 Å². The van der Waals surface area contributed by atoms with Crippen LogP contribution in [0.5, 0.6) is 0 Å². The van der Waals surface area contributed by atoms with Crippen molar-refractivity contribution in [2.75, 3.05) is 0 Å². The van der Waals surface area contributed by atoms with Crippen LogP contribution >= 0.6 is 11.3 Å². The molecule has 2 N–H and O–H groups in total. The van der Waals surface area contributed by atoms with Crippen molar-refractivity contribution in [2.24, 2.45) is 0 Å². The van der Waals surface area contributed by atoms with Crippen molar-refractivity contribution in [3.8, 4) is 0 Å². The molecule has 6 nitrogen and oxygen atoms in total. The summed E-state index contributed by atoms with van der Waals surface area (Å²) >= 11 is 0.837. The average molecular weight is 365 g/mol. The lowest BCUT2D eigenvalue weighted by Gasteiger charge is -2.38. The number of rotatable bonds is 5. The summed E-state index contributed by atoms with van der Waals surface area (Å²) in [6.07, 6.45) is 1.51. The Hall–Kier alpha value is -2.19. The number of thiophene rings is 1. The fourth-order valence-corrected chi connectivity index (χ4v) is 5.13. The molecular weight excluding hydrogens is 350 g/mol. The first-order chi connectivity index (χ1) is 11.3. The lowest BCUT2D eigenvalue weighted by molar-refractivity contribution is -0.148. The van der Waals surface area contributed by atoms with Crippen LogP contribution < -0.4 is 5.32 Å². The number of carboxylic acids is 1. The minimum atomic E-state index is -3.68. The first-order valence-corrected chi connectivity index (χ1v) is 9.61. The first-order valence-electron chi connectivity index (χ1n) is 7.31. The maximum atomic E-state index is 12.5. The van der Waals surface area contributed by atoms with Crippen molar-refractivity contribution in [1.29, 1.82) is 0 Å². The number of carbonyl (C=O) groups is 2. The van der Waals surface area contributed by atoms with Gasteiger partial charge in [-0.25, -0.2) is 13.2 Å². The second-order valence-corrected chi connectivity index (χ2v) is 8.89. The molecule has 24 heavy (non-hydrogen) atoms. The Morgan fingerprint density at radius 3 is 2.29 bits per heavy atom. The fourth-order valence-electron chi connectivity index (χ4n) is 2.50. The van der Waals surface area contributed by atoms with Crippen molar-refractivity contribution >= 4 is 33.1 Å². The molecule has 1 aromatic heterocycles. The molecule has 0 spiro atoms. The van der Waals surface area contributed by atoms with Gasteiger partial charge in [-0.1, -0.05) is 18.2 Å². The number of nitrogens with one attached hydrogen (secondary N) is 1. The molecule has 1 aliphatic carbocycles. The predicted molar refractivity (Wildman–Crippen MR) is 87.9 cm³/mol. The topological polar surface area (TPSA) is 101 Å². The monoisotopic (exact) mass is 365 g/mol. The number of aliphatic carboxylic acids is 1. The highest BCUT2D eigenvalue weighted by Gasteiger charge is 2.46. The summed E-state index contributed by atoms with van der Waals surface area (Å²) in [6.45, 7) is 0. The van der Waals surface area contributed by atoms with Crippen molar-refractivity contribution in [3.63, 3.8) is 0 Å². The predicted octanol–water partition coefficient (Wildman–Crippen LogP) is 2.32. The lowest BCUT2D eigenvalue weighted by Crippen LogP contribution is -2.59. The number of benzene rings is 1. The largest absolute Gasteiger partial charge is 0.480 e. The normalized spacial score (nSPS) is 16.2. The van der Waals surface area contributed by atoms with E-state index in [0.717, 1.165) is 17.8 Å². The van der Waals surface area contributed by atoms with Crippen LogP contribution in [0.4, 0.5) is 0 Å². The van der Waals surface area contributed by atoms with E-state index in [0.29, 0.717) is 12.8 Å². The van der Waals surface area contributed by atoms with Gasteiger partial charge in [-0.2, -0.15) is 0 Å². The number of carbonyl (C=O) groups excluding carboxylic acids is 1. The minimum absolute atomic E-state index is 0.0526. The molecule has 2 aromatic rings. The summed E-state index contributed by atoms with van der Waals surface area (Å²) in [7, 11) is -3.68. The van der Waals surface area contributed by atoms with E-state index in [4.69, 9.17) is 0 Å². The van der Waals surface area contributed by atoms with Gasteiger partial charge in [-0.3, -0.25) is 4.79 Å². The van der Waals surface area contributed by atoms with Crippen LogP contribution in [0.15, 0.2) is 51.6 Å². The molecule has 1 aliphatic rings. The zero-order valence-electron chi connectivity index (χ0n) is 12.6. The van der Waals surface area contributed by atoms with Crippen molar-refractivity contribution in [1.82, 2.24) is 5.32 Å². The second kappa shape index (κ2) is 6.03. The van der Waals surface area contributed by atoms with Gasteiger partial charge in [0.15, 0.2) is 0 Å². The van der Waals surface area contributed by atoms with E-state index in [1.165, 1.54) is 24.3 Å². The van der Waals surface area contributed by atoms with Crippen LogP contribution in [-0.4, -0.2) is 30.9 Å². The molecule has 1 fully saturated rings. The zero-order valence-corrected chi connectivity index (χ0v) is 14.2. The summed E-state index contributed by atoms with van der Waals surface area (Å²) < 4.78 is 25.1. The van der Waals surface area contributed by atoms with Crippen LogP contribution in [0, 0.1) is 0 Å². The van der Waals surface area contributed by atoms with Crippen LogP contribution in [0.25, 0.3) is 0 Å². The summed E-state index contributed by atoms with van der Waals surface area (Å²) in [6, 6.07) is 10.7. The smallest absolute Gasteiger partial charge is 0.329 e. The van der Waals surface area contributed by atoms with Gasteiger partial charge < -0.3 is 10.4 Å². The molecule has 0 unspecified atom stereocenters. The molecular formula is C16H15NO5S2. The molecule has 0 aliphatic heterocycles. The summed E-state index contributed by atoms with van der Waals surface area (Å²) in [5, 5.41) is 11.8. The molecule has 0 radical (unpaired) electrons. The maximum Gasteiger partial charge on any atom is 0.329 e. The standard InChI is InChI=1S/C16H15NO5S2/c18-14(17-16(15(19)20)9-4-10-16)12-7-8-13(23-12)24(21,22)11-5-2-1-3-6-11/h1-3,5-8H,4,9-10H2,(H,17,18)(H,19,20). The number of sulfone groups is 1. The molecule has 126 valence electrons. The Morgan fingerprint density at radius 2 is 1.75 bits per heavy atom. The van der Waals surface area contributed by atoms with Crippen molar-refractivity contribution < 1.29 is 23.1 Å². The van der Waals surface area contributed by atoms with Gasteiger partial charge in [0.2, 0.25) is 9.84 Å². The SMILES string of the molecule is O=C(NC1(C(=O)O)CCC1)c1ccc(S(=O)(=O)c2ccccc2)s1. The van der Waals surface area contributed by atoms with Crippen LogP contribution in [-0.2, 0) is 14.6 Å². The summed E-state index contributed by atoms with van der Waals surface area (Å²) in [4.78, 5) is 23.9. The zero-order chi connectivity index (χ0) is 17.4. The Kier molecular flexibility index (Phi) is 4.18. The molecule has 1 aromatic carbocycles. The molecule has 3 rings (SSSR count). The van der Waals surface area contributed by atoms with E-state index in [1.807, 2.05) is 0 Å². The van der Waals surface area contributed by atoms with Crippen molar-refractivity contribution in [3.05, 3.63) is 47.3 Å². The van der Waals surface area contributed by atoms with Crippen LogP contribution in [0.1, 0.15) is 28.9 Å². The van der Waals surface area contributed by atoms with Gasteiger partial charge in [-0.15, -0.1) is 11.3 Å². The third-order valence-corrected chi connectivity index (χ3v) is 7.44. The van der Waals surface area contributed by atoms with E-state index in [9.17, 15) is 23.1 Å². The van der Waals surface area contributed by atoms with E-state index in [-0.39, 0.29) is 14.0 Å². The van der Waals surface area contributed by atoms with Gasteiger partial charge in [0.1, 0.15) is 9.75 Å². The summed E-state index contributed by atoms with van der Waals surface area (Å²) in [5.74, 6) is -1.62. The number of hydrogen-bond donors (Lipinski definition) is 2. The Labute approximate surface area is 143 Å². The second-order valence-electron chi connectivity index (χ2n) is 5.63. The lowest BCUT2D eigenvalue weighted by atomic mass is 9.77. The van der Waals surface area contributed by atoms with E-state index in [1.54, 1.807) is 18.2 Å². The van der Waals surface area contributed by atoms with Crippen molar-refractivity contribution in [2.45, 2.75) is 33.9 Å². The van der Waals surface area contributed by atoms with E-state index >= 15 is 0 Å². The highest BCUT2D eigenvalue weighted by molar-refractivity contribution is 7.93. The van der Waals surface area contributed by atoms with Gasteiger partial charge in [0.05, 0.1) is 9.77 Å². The number of hydrogen-bond acceptors (Lipinski definition) is 5. The quantitative estimate of drug-likeness (QED) is 0.847. The molecule has 0 bridgehead atoms. The third kappa shape index (κ3) is 2.83. The Balaban J connectivity index is 1.83. The molecule has 0 atom stereocenters.